The predicted octanol–water partition coefficient (Wildman–Crippen LogP) is 2.89. The number of benzene rings is 1. The van der Waals surface area contributed by atoms with Crippen molar-refractivity contribution in [2.45, 2.75) is 44.2 Å². The lowest BCUT2D eigenvalue weighted by Gasteiger charge is -2.42. The van der Waals surface area contributed by atoms with Crippen molar-refractivity contribution >= 4 is 33.3 Å². The van der Waals surface area contributed by atoms with Gasteiger partial charge in [-0.1, -0.05) is 18.2 Å². The van der Waals surface area contributed by atoms with Gasteiger partial charge < -0.3 is 10.4 Å². The van der Waals surface area contributed by atoms with Crippen LogP contribution in [0.2, 0.25) is 0 Å². The highest BCUT2D eigenvalue weighted by Crippen LogP contribution is 2.34. The van der Waals surface area contributed by atoms with Gasteiger partial charge in [-0.05, 0) is 54.0 Å². The Morgan fingerprint density at radius 2 is 2.00 bits per heavy atom. The Kier molecular flexibility index (Phi) is 4.96. The average molecular weight is 372 g/mol. The van der Waals surface area contributed by atoms with Crippen LogP contribution in [0.3, 0.4) is 0 Å². The Morgan fingerprint density at radius 1 is 1.23 bits per heavy atom. The summed E-state index contributed by atoms with van der Waals surface area (Å²) in [4.78, 5) is 25.6. The first-order valence-electron chi connectivity index (χ1n) is 9.29. The summed E-state index contributed by atoms with van der Waals surface area (Å²) in [7, 11) is 0. The summed E-state index contributed by atoms with van der Waals surface area (Å²) in [5.74, 6) is -0.0266. The normalized spacial score (nSPS) is 22.3. The minimum atomic E-state index is -0.762. The molecule has 0 bridgehead atoms. The van der Waals surface area contributed by atoms with Crippen molar-refractivity contribution in [2.75, 3.05) is 13.1 Å². The van der Waals surface area contributed by atoms with Gasteiger partial charge in [-0.25, -0.2) is 0 Å². The van der Waals surface area contributed by atoms with E-state index in [-0.39, 0.29) is 18.5 Å². The lowest BCUT2D eigenvalue weighted by atomic mass is 9.85. The largest absolute Gasteiger partial charge is 0.480 e. The average Bonchev–Trinajstić information content (AvgIpc) is 3.29. The molecule has 0 aliphatic heterocycles. The molecule has 0 atom stereocenters. The zero-order chi connectivity index (χ0) is 18.1. The third-order valence-electron chi connectivity index (χ3n) is 5.43. The molecule has 1 aromatic carbocycles. The minimum Gasteiger partial charge on any atom is -0.480 e. The number of carboxylic acids is 1. The molecule has 2 saturated carbocycles. The van der Waals surface area contributed by atoms with Gasteiger partial charge in [0.2, 0.25) is 5.91 Å². The van der Waals surface area contributed by atoms with Crippen molar-refractivity contribution in [1.29, 1.82) is 0 Å². The van der Waals surface area contributed by atoms with Gasteiger partial charge in [0.1, 0.15) is 0 Å². The molecule has 1 amide bonds. The summed E-state index contributed by atoms with van der Waals surface area (Å²) < 4.78 is 1.21. The second kappa shape index (κ2) is 7.37. The van der Waals surface area contributed by atoms with Crippen molar-refractivity contribution in [2.24, 2.45) is 5.92 Å². The first kappa shape index (κ1) is 17.5. The molecule has 2 aromatic rings. The molecule has 2 aliphatic carbocycles. The second-order valence-electron chi connectivity index (χ2n) is 7.59. The fraction of sp³-hybridized carbons (Fsp3) is 0.500. The summed E-state index contributed by atoms with van der Waals surface area (Å²) in [6.45, 7) is 1.00. The number of thiophene rings is 1. The lowest BCUT2D eigenvalue weighted by Crippen LogP contribution is -2.55. The van der Waals surface area contributed by atoms with Crippen LogP contribution in [-0.4, -0.2) is 47.1 Å². The van der Waals surface area contributed by atoms with Crippen LogP contribution in [0.4, 0.5) is 0 Å². The number of carbonyl (C=O) groups is 2. The van der Waals surface area contributed by atoms with Gasteiger partial charge in [-0.3, -0.25) is 14.5 Å². The molecule has 0 radical (unpaired) electrons. The van der Waals surface area contributed by atoms with Crippen molar-refractivity contribution in [3.8, 4) is 0 Å². The van der Waals surface area contributed by atoms with Crippen molar-refractivity contribution in [1.82, 2.24) is 10.2 Å². The second-order valence-corrected chi connectivity index (χ2v) is 8.50. The Hall–Kier alpha value is -1.92. The minimum absolute atomic E-state index is 0.0592. The number of nitrogens with zero attached hydrogens (tertiary/aromatic N) is 1. The van der Waals surface area contributed by atoms with Crippen LogP contribution in [0.5, 0.6) is 0 Å². The number of carbonyl (C=O) groups excluding carboxylic acids is 1. The number of aliphatic carboxylic acids is 1. The Balaban J connectivity index is 1.27. The first-order chi connectivity index (χ1) is 12.6. The molecular formula is C20H24N2O3S. The molecule has 26 heavy (non-hydrogen) atoms. The number of fused-ring (bicyclic) bond motifs is 1. The van der Waals surface area contributed by atoms with E-state index in [0.717, 1.165) is 30.3 Å². The van der Waals surface area contributed by atoms with E-state index >= 15 is 0 Å². The van der Waals surface area contributed by atoms with E-state index in [1.54, 1.807) is 11.3 Å². The van der Waals surface area contributed by atoms with E-state index in [1.807, 2.05) is 12.1 Å². The number of nitrogens with one attached hydrogen (secondary N) is 1. The Bertz CT molecular complexity index is 808. The molecule has 2 fully saturated rings. The number of hydrogen-bond acceptors (Lipinski definition) is 4. The molecule has 5 nitrogen and oxygen atoms in total. The standard InChI is InChI=1S/C20H24N2O3S/c23-19(7-14-12-26-18-4-2-1-3-17(14)18)21-15-8-16(9-15)22(11-20(24)25)10-13-5-6-13/h1-4,12-13,15-16H,5-11H2,(H,21,23)(H,24,25). The molecule has 2 aliphatic rings. The SMILES string of the molecule is O=C(O)CN(CC1CC1)C1CC(NC(=O)Cc2csc3ccccc23)C1. The molecule has 0 saturated heterocycles. The summed E-state index contributed by atoms with van der Waals surface area (Å²) >= 11 is 1.67. The van der Waals surface area contributed by atoms with E-state index in [4.69, 9.17) is 5.11 Å². The van der Waals surface area contributed by atoms with Gasteiger partial charge in [0.05, 0.1) is 13.0 Å². The van der Waals surface area contributed by atoms with E-state index in [1.165, 1.54) is 17.5 Å². The highest BCUT2D eigenvalue weighted by Gasteiger charge is 2.37. The van der Waals surface area contributed by atoms with Gasteiger partial charge in [-0.15, -0.1) is 11.3 Å². The van der Waals surface area contributed by atoms with Crippen LogP contribution >= 0.6 is 11.3 Å². The summed E-state index contributed by atoms with van der Waals surface area (Å²) in [5, 5.41) is 15.5. The van der Waals surface area contributed by atoms with Gasteiger partial charge in [-0.2, -0.15) is 0 Å². The number of hydrogen-bond donors (Lipinski definition) is 2. The predicted molar refractivity (Wildman–Crippen MR) is 102 cm³/mol. The maximum atomic E-state index is 12.4. The molecule has 1 aromatic heterocycles. The fourth-order valence-corrected chi connectivity index (χ4v) is 4.74. The molecule has 0 spiro atoms. The van der Waals surface area contributed by atoms with E-state index in [2.05, 4.69) is 27.7 Å². The molecule has 6 heteroatoms. The number of amides is 1. The van der Waals surface area contributed by atoms with Gasteiger partial charge in [0, 0.05) is 23.3 Å². The first-order valence-corrected chi connectivity index (χ1v) is 10.2. The Labute approximate surface area is 157 Å². The number of carboxylic acid groups (broad SMARTS) is 1. The lowest BCUT2D eigenvalue weighted by molar-refractivity contribution is -0.140. The maximum absolute atomic E-state index is 12.4. The molecule has 4 rings (SSSR count). The number of rotatable bonds is 8. The van der Waals surface area contributed by atoms with Crippen LogP contribution < -0.4 is 5.32 Å². The summed E-state index contributed by atoms with van der Waals surface area (Å²) in [5.41, 5.74) is 1.08. The third-order valence-corrected chi connectivity index (χ3v) is 6.45. The topological polar surface area (TPSA) is 69.6 Å². The highest BCUT2D eigenvalue weighted by atomic mass is 32.1. The molecular weight excluding hydrogens is 348 g/mol. The van der Waals surface area contributed by atoms with Crippen molar-refractivity contribution < 1.29 is 14.7 Å². The van der Waals surface area contributed by atoms with Gasteiger partial charge in [0.15, 0.2) is 0 Å². The zero-order valence-corrected chi connectivity index (χ0v) is 15.5. The van der Waals surface area contributed by atoms with E-state index in [0.29, 0.717) is 18.4 Å². The van der Waals surface area contributed by atoms with E-state index in [9.17, 15) is 9.59 Å². The van der Waals surface area contributed by atoms with Crippen LogP contribution in [0.25, 0.3) is 10.1 Å². The summed E-state index contributed by atoms with van der Waals surface area (Å²) in [6.07, 6.45) is 4.56. The van der Waals surface area contributed by atoms with Crippen LogP contribution in [0, 0.1) is 5.92 Å². The van der Waals surface area contributed by atoms with Crippen LogP contribution in [0.1, 0.15) is 31.2 Å². The maximum Gasteiger partial charge on any atom is 0.317 e. The van der Waals surface area contributed by atoms with E-state index < -0.39 is 5.97 Å². The fourth-order valence-electron chi connectivity index (χ4n) is 3.77. The molecule has 138 valence electrons. The van der Waals surface area contributed by atoms with Crippen LogP contribution in [0.15, 0.2) is 29.6 Å². The third kappa shape index (κ3) is 4.07. The smallest absolute Gasteiger partial charge is 0.317 e. The van der Waals surface area contributed by atoms with Gasteiger partial charge in [0.25, 0.3) is 0 Å². The van der Waals surface area contributed by atoms with Crippen molar-refractivity contribution in [3.05, 3.63) is 35.2 Å². The molecule has 0 unspecified atom stereocenters. The van der Waals surface area contributed by atoms with Gasteiger partial charge >= 0.3 is 5.97 Å². The molecule has 2 N–H and O–H groups in total. The van der Waals surface area contributed by atoms with Crippen molar-refractivity contribution in [3.63, 3.8) is 0 Å². The summed E-state index contributed by atoms with van der Waals surface area (Å²) in [6, 6.07) is 8.63. The van der Waals surface area contributed by atoms with Crippen LogP contribution in [-0.2, 0) is 16.0 Å². The quantitative estimate of drug-likeness (QED) is 0.748. The Morgan fingerprint density at radius 3 is 2.73 bits per heavy atom. The highest BCUT2D eigenvalue weighted by molar-refractivity contribution is 7.17. The zero-order valence-electron chi connectivity index (χ0n) is 14.7. The monoisotopic (exact) mass is 372 g/mol. The molecule has 1 heterocycles.